The molecular formula is C16H17NO5S. The van der Waals surface area contributed by atoms with Gasteiger partial charge in [-0.2, -0.15) is 4.31 Å². The Morgan fingerprint density at radius 1 is 1.48 bits per heavy atom. The largest absolute Gasteiger partial charge is 0.475 e. The van der Waals surface area contributed by atoms with Gasteiger partial charge in [0, 0.05) is 23.5 Å². The van der Waals surface area contributed by atoms with Crippen molar-refractivity contribution in [2.75, 3.05) is 6.54 Å². The highest BCUT2D eigenvalue weighted by molar-refractivity contribution is 7.89. The molecule has 7 heteroatoms. The summed E-state index contributed by atoms with van der Waals surface area (Å²) in [7, 11) is -3.65. The van der Waals surface area contributed by atoms with Crippen LogP contribution in [0.1, 0.15) is 29.0 Å². The molecule has 1 aliphatic carbocycles. The van der Waals surface area contributed by atoms with Gasteiger partial charge in [0.05, 0.1) is 4.90 Å². The van der Waals surface area contributed by atoms with Crippen LogP contribution in [0.15, 0.2) is 40.2 Å². The van der Waals surface area contributed by atoms with Crippen molar-refractivity contribution in [1.29, 1.82) is 0 Å². The summed E-state index contributed by atoms with van der Waals surface area (Å²) in [6.45, 7) is 5.48. The van der Waals surface area contributed by atoms with Gasteiger partial charge in [-0.15, -0.1) is 6.58 Å². The molecule has 0 bridgehead atoms. The van der Waals surface area contributed by atoms with Crippen LogP contribution in [-0.2, 0) is 10.0 Å². The molecule has 1 N–H and O–H groups in total. The Balaban J connectivity index is 2.10. The summed E-state index contributed by atoms with van der Waals surface area (Å²) < 4.78 is 32.4. The van der Waals surface area contributed by atoms with E-state index < -0.39 is 16.0 Å². The van der Waals surface area contributed by atoms with E-state index in [1.807, 2.05) is 0 Å². The highest BCUT2D eigenvalue weighted by Gasteiger charge is 2.37. The maximum Gasteiger partial charge on any atom is 0.372 e. The summed E-state index contributed by atoms with van der Waals surface area (Å²) in [5.41, 5.74) is 0.784. The van der Waals surface area contributed by atoms with Crippen molar-refractivity contribution in [1.82, 2.24) is 4.31 Å². The number of benzene rings is 1. The first-order valence-corrected chi connectivity index (χ1v) is 8.69. The minimum absolute atomic E-state index is 0.0220. The zero-order valence-electron chi connectivity index (χ0n) is 12.7. The number of hydrogen-bond donors (Lipinski definition) is 1. The third-order valence-corrected chi connectivity index (χ3v) is 5.89. The van der Waals surface area contributed by atoms with Crippen molar-refractivity contribution in [2.24, 2.45) is 0 Å². The summed E-state index contributed by atoms with van der Waals surface area (Å²) in [6.07, 6.45) is 3.27. The predicted octanol–water partition coefficient (Wildman–Crippen LogP) is 2.78. The lowest BCUT2D eigenvalue weighted by atomic mass is 10.1. The monoisotopic (exact) mass is 335 g/mol. The van der Waals surface area contributed by atoms with E-state index >= 15 is 0 Å². The molecule has 1 saturated carbocycles. The van der Waals surface area contributed by atoms with Crippen LogP contribution >= 0.6 is 0 Å². The number of carbonyl (C=O) groups is 1. The second-order valence-corrected chi connectivity index (χ2v) is 7.50. The molecule has 0 atom stereocenters. The molecule has 0 spiro atoms. The normalized spacial score (nSPS) is 15.2. The second-order valence-electron chi connectivity index (χ2n) is 5.61. The van der Waals surface area contributed by atoms with Crippen molar-refractivity contribution < 1.29 is 22.7 Å². The molecule has 6 nitrogen and oxygen atoms in total. The van der Waals surface area contributed by atoms with E-state index in [0.717, 1.165) is 12.8 Å². The number of sulfonamides is 1. The predicted molar refractivity (Wildman–Crippen MR) is 85.0 cm³/mol. The summed E-state index contributed by atoms with van der Waals surface area (Å²) in [5, 5.41) is 9.60. The molecule has 3 rings (SSSR count). The van der Waals surface area contributed by atoms with Gasteiger partial charge in [0.2, 0.25) is 15.8 Å². The van der Waals surface area contributed by atoms with Gasteiger partial charge in [0.15, 0.2) is 0 Å². The van der Waals surface area contributed by atoms with Gasteiger partial charge in [0.25, 0.3) is 0 Å². The Labute approximate surface area is 134 Å². The van der Waals surface area contributed by atoms with E-state index in [2.05, 4.69) is 6.58 Å². The van der Waals surface area contributed by atoms with Gasteiger partial charge in [-0.3, -0.25) is 0 Å². The van der Waals surface area contributed by atoms with Crippen LogP contribution in [0, 0.1) is 6.92 Å². The highest BCUT2D eigenvalue weighted by Crippen LogP contribution is 2.34. The standard InChI is InChI=1S/C16H17NO5S/c1-3-8-17(11-4-5-11)23(20,21)12-6-7-14-13(9-12)10(2)15(22-14)16(18)19/h3,6-7,9,11H,1,4-5,8H2,2H3,(H,18,19). The van der Waals surface area contributed by atoms with Crippen LogP contribution in [0.2, 0.25) is 0 Å². The van der Waals surface area contributed by atoms with Crippen LogP contribution < -0.4 is 0 Å². The number of rotatable bonds is 6. The maximum absolute atomic E-state index is 12.8. The Bertz CT molecular complexity index is 893. The van der Waals surface area contributed by atoms with Crippen molar-refractivity contribution in [3.63, 3.8) is 0 Å². The SMILES string of the molecule is C=CCN(C1CC1)S(=O)(=O)c1ccc2oc(C(=O)O)c(C)c2c1. The lowest BCUT2D eigenvalue weighted by molar-refractivity contribution is 0.0664. The number of aryl methyl sites for hydroxylation is 1. The first kappa shape index (κ1) is 15.8. The topological polar surface area (TPSA) is 87.8 Å². The number of nitrogens with zero attached hydrogens (tertiary/aromatic N) is 1. The third-order valence-electron chi connectivity index (χ3n) is 3.97. The molecule has 1 aromatic carbocycles. The molecule has 1 fully saturated rings. The number of carboxylic acids is 1. The van der Waals surface area contributed by atoms with Crippen molar-refractivity contribution in [3.05, 3.63) is 42.2 Å². The van der Waals surface area contributed by atoms with E-state index in [-0.39, 0.29) is 23.2 Å². The van der Waals surface area contributed by atoms with Gasteiger partial charge in [0.1, 0.15) is 5.58 Å². The van der Waals surface area contributed by atoms with Gasteiger partial charge in [-0.25, -0.2) is 13.2 Å². The summed E-state index contributed by atoms with van der Waals surface area (Å²) in [5.74, 6) is -1.34. The van der Waals surface area contributed by atoms with Crippen molar-refractivity contribution in [3.8, 4) is 0 Å². The van der Waals surface area contributed by atoms with Gasteiger partial charge >= 0.3 is 5.97 Å². The first-order chi connectivity index (χ1) is 10.9. The average Bonchev–Trinajstić information content (AvgIpc) is 3.28. The minimum atomic E-state index is -3.65. The molecular weight excluding hydrogens is 318 g/mol. The van der Waals surface area contributed by atoms with E-state index in [0.29, 0.717) is 16.5 Å². The fraction of sp³-hybridized carbons (Fsp3) is 0.312. The fourth-order valence-corrected chi connectivity index (χ4v) is 4.32. The molecule has 2 aromatic rings. The molecule has 1 aliphatic rings. The molecule has 0 saturated heterocycles. The van der Waals surface area contributed by atoms with Crippen LogP contribution in [0.3, 0.4) is 0 Å². The maximum atomic E-state index is 12.8. The Kier molecular flexibility index (Phi) is 3.77. The number of furan rings is 1. The molecule has 0 radical (unpaired) electrons. The average molecular weight is 335 g/mol. The van der Waals surface area contributed by atoms with Crippen LogP contribution in [0.25, 0.3) is 11.0 Å². The zero-order valence-corrected chi connectivity index (χ0v) is 13.5. The summed E-state index contributed by atoms with van der Waals surface area (Å²) in [6, 6.07) is 4.45. The molecule has 23 heavy (non-hydrogen) atoms. The Morgan fingerprint density at radius 3 is 2.74 bits per heavy atom. The highest BCUT2D eigenvalue weighted by atomic mass is 32.2. The van der Waals surface area contributed by atoms with Gasteiger partial charge < -0.3 is 9.52 Å². The molecule has 1 heterocycles. The molecule has 0 amide bonds. The van der Waals surface area contributed by atoms with Crippen LogP contribution in [0.4, 0.5) is 0 Å². The summed E-state index contributed by atoms with van der Waals surface area (Å²) >= 11 is 0. The third kappa shape index (κ3) is 2.66. The molecule has 0 aliphatic heterocycles. The number of hydrogen-bond acceptors (Lipinski definition) is 4. The fourth-order valence-electron chi connectivity index (χ4n) is 2.63. The minimum Gasteiger partial charge on any atom is -0.475 e. The van der Waals surface area contributed by atoms with E-state index in [4.69, 9.17) is 9.52 Å². The Morgan fingerprint density at radius 2 is 2.17 bits per heavy atom. The molecule has 0 unspecified atom stereocenters. The number of fused-ring (bicyclic) bond motifs is 1. The van der Waals surface area contributed by atoms with Crippen LogP contribution in [-0.4, -0.2) is 36.4 Å². The smallest absolute Gasteiger partial charge is 0.372 e. The second kappa shape index (κ2) is 5.50. The number of aromatic carboxylic acids is 1. The Hall–Kier alpha value is -2.12. The van der Waals surface area contributed by atoms with Crippen LogP contribution in [0.5, 0.6) is 0 Å². The lowest BCUT2D eigenvalue weighted by Crippen LogP contribution is -2.33. The van der Waals surface area contributed by atoms with E-state index in [9.17, 15) is 13.2 Å². The van der Waals surface area contributed by atoms with Crippen molar-refractivity contribution in [2.45, 2.75) is 30.7 Å². The summed E-state index contributed by atoms with van der Waals surface area (Å²) in [4.78, 5) is 11.3. The number of carboxylic acid groups (broad SMARTS) is 1. The van der Waals surface area contributed by atoms with Crippen molar-refractivity contribution >= 4 is 27.0 Å². The van der Waals surface area contributed by atoms with Gasteiger partial charge in [-0.05, 0) is 38.0 Å². The van der Waals surface area contributed by atoms with Gasteiger partial charge in [-0.1, -0.05) is 6.08 Å². The lowest BCUT2D eigenvalue weighted by Gasteiger charge is -2.20. The molecule has 1 aromatic heterocycles. The zero-order chi connectivity index (χ0) is 16.8. The quantitative estimate of drug-likeness (QED) is 0.820. The molecule has 122 valence electrons. The van der Waals surface area contributed by atoms with E-state index in [1.54, 1.807) is 13.0 Å². The first-order valence-electron chi connectivity index (χ1n) is 7.25. The van der Waals surface area contributed by atoms with E-state index in [1.165, 1.54) is 22.5 Å².